The second kappa shape index (κ2) is 7.15. The second-order valence-corrected chi connectivity index (χ2v) is 6.40. The molecule has 0 spiro atoms. The van der Waals surface area contributed by atoms with Gasteiger partial charge in [-0.25, -0.2) is 4.68 Å². The van der Waals surface area contributed by atoms with E-state index in [1.807, 2.05) is 36.2 Å². The van der Waals surface area contributed by atoms with Crippen molar-refractivity contribution in [2.75, 3.05) is 26.7 Å². The molecule has 1 N–H and O–H groups in total. The molecule has 0 aliphatic carbocycles. The van der Waals surface area contributed by atoms with E-state index in [1.165, 1.54) is 6.42 Å². The van der Waals surface area contributed by atoms with Gasteiger partial charge < -0.3 is 10.2 Å². The summed E-state index contributed by atoms with van der Waals surface area (Å²) in [6.45, 7) is 2.59. The summed E-state index contributed by atoms with van der Waals surface area (Å²) in [5.41, 5.74) is 1.52. The van der Waals surface area contributed by atoms with Crippen molar-refractivity contribution in [2.45, 2.75) is 12.8 Å². The van der Waals surface area contributed by atoms with E-state index in [9.17, 15) is 4.79 Å². The number of hydrogen-bond donors (Lipinski definition) is 1. The van der Waals surface area contributed by atoms with E-state index in [0.717, 1.165) is 31.7 Å². The molecule has 1 atom stereocenters. The topological polar surface area (TPSA) is 50.2 Å². The molecule has 2 heterocycles. The summed E-state index contributed by atoms with van der Waals surface area (Å²) in [6, 6.07) is 7.39. The number of halogens is 1. The number of aromatic nitrogens is 2. The molecule has 3 rings (SSSR count). The Labute approximate surface area is 141 Å². The van der Waals surface area contributed by atoms with Crippen LogP contribution in [0.4, 0.5) is 0 Å². The molecule has 1 unspecified atom stereocenters. The van der Waals surface area contributed by atoms with Gasteiger partial charge in [0.05, 0.1) is 17.4 Å². The molecule has 2 aromatic rings. The van der Waals surface area contributed by atoms with E-state index in [4.69, 9.17) is 11.6 Å². The number of nitrogens with zero attached hydrogens (tertiary/aromatic N) is 3. The molecular formula is C17H21ClN4O. The van der Waals surface area contributed by atoms with Crippen molar-refractivity contribution < 1.29 is 4.79 Å². The lowest BCUT2D eigenvalue weighted by molar-refractivity contribution is 0.0674. The third-order valence-corrected chi connectivity index (χ3v) is 4.47. The van der Waals surface area contributed by atoms with E-state index in [-0.39, 0.29) is 5.91 Å². The summed E-state index contributed by atoms with van der Waals surface area (Å²) in [4.78, 5) is 14.6. The maximum atomic E-state index is 12.7. The smallest absolute Gasteiger partial charge is 0.257 e. The molecule has 1 fully saturated rings. The van der Waals surface area contributed by atoms with E-state index >= 15 is 0 Å². The van der Waals surface area contributed by atoms with Crippen LogP contribution < -0.4 is 5.32 Å². The predicted molar refractivity (Wildman–Crippen MR) is 91.1 cm³/mol. The van der Waals surface area contributed by atoms with Gasteiger partial charge in [0.25, 0.3) is 5.91 Å². The molecule has 1 aliphatic heterocycles. The first-order valence-corrected chi connectivity index (χ1v) is 8.29. The molecule has 1 aromatic carbocycles. The number of nitrogens with one attached hydrogen (secondary N) is 1. The highest BCUT2D eigenvalue weighted by Crippen LogP contribution is 2.19. The number of benzene rings is 1. The number of rotatable bonds is 4. The first kappa shape index (κ1) is 16.0. The molecule has 23 heavy (non-hydrogen) atoms. The van der Waals surface area contributed by atoms with E-state index in [2.05, 4.69) is 10.4 Å². The fourth-order valence-corrected chi connectivity index (χ4v) is 3.18. The second-order valence-electron chi connectivity index (χ2n) is 5.97. The van der Waals surface area contributed by atoms with E-state index in [1.54, 1.807) is 17.1 Å². The lowest BCUT2D eigenvalue weighted by Crippen LogP contribution is -2.42. The molecule has 5 nitrogen and oxygen atoms in total. The molecule has 1 aromatic heterocycles. The molecule has 122 valence electrons. The third kappa shape index (κ3) is 3.74. The van der Waals surface area contributed by atoms with Crippen LogP contribution in [0.5, 0.6) is 0 Å². The summed E-state index contributed by atoms with van der Waals surface area (Å²) < 4.78 is 1.71. The summed E-state index contributed by atoms with van der Waals surface area (Å²) in [7, 11) is 1.96. The van der Waals surface area contributed by atoms with Gasteiger partial charge in [0, 0.05) is 24.3 Å². The molecule has 1 saturated heterocycles. The highest BCUT2D eigenvalue weighted by atomic mass is 35.5. The zero-order chi connectivity index (χ0) is 16.2. The van der Waals surface area contributed by atoms with Crippen molar-refractivity contribution in [3.63, 3.8) is 0 Å². The van der Waals surface area contributed by atoms with E-state index in [0.29, 0.717) is 16.5 Å². The van der Waals surface area contributed by atoms with Crippen LogP contribution in [0, 0.1) is 5.92 Å². The Balaban J connectivity index is 1.72. The van der Waals surface area contributed by atoms with E-state index < -0.39 is 0 Å². The Bertz CT molecular complexity index is 665. The van der Waals surface area contributed by atoms with Crippen LogP contribution in [0.1, 0.15) is 23.2 Å². The molecule has 0 radical (unpaired) electrons. The molecule has 0 saturated carbocycles. The zero-order valence-corrected chi connectivity index (χ0v) is 14.0. The Morgan fingerprint density at radius 2 is 2.17 bits per heavy atom. The van der Waals surface area contributed by atoms with Gasteiger partial charge in [-0.1, -0.05) is 11.6 Å². The number of carbonyl (C=O) groups is 1. The lowest BCUT2D eigenvalue weighted by atomic mass is 9.97. The van der Waals surface area contributed by atoms with Crippen LogP contribution in [0.2, 0.25) is 5.02 Å². The van der Waals surface area contributed by atoms with Gasteiger partial charge in [-0.2, -0.15) is 5.10 Å². The van der Waals surface area contributed by atoms with Crippen LogP contribution in [0.15, 0.2) is 36.7 Å². The molecule has 1 aliphatic rings. The van der Waals surface area contributed by atoms with Gasteiger partial charge in [-0.3, -0.25) is 4.79 Å². The fourth-order valence-electron chi connectivity index (χ4n) is 3.06. The summed E-state index contributed by atoms with van der Waals surface area (Å²) in [6.07, 6.45) is 5.66. The maximum absolute atomic E-state index is 12.7. The van der Waals surface area contributed by atoms with Crippen molar-refractivity contribution in [1.29, 1.82) is 0 Å². The predicted octanol–water partition coefficient (Wildman–Crippen LogP) is 2.60. The average molecular weight is 333 g/mol. The van der Waals surface area contributed by atoms with Gasteiger partial charge >= 0.3 is 0 Å². The summed E-state index contributed by atoms with van der Waals surface area (Å²) >= 11 is 5.90. The highest BCUT2D eigenvalue weighted by molar-refractivity contribution is 6.30. The van der Waals surface area contributed by atoms with Gasteiger partial charge in [-0.05, 0) is 56.6 Å². The first-order chi connectivity index (χ1) is 11.2. The van der Waals surface area contributed by atoms with Gasteiger partial charge in [-0.15, -0.1) is 0 Å². The number of amides is 1. The highest BCUT2D eigenvalue weighted by Gasteiger charge is 2.24. The van der Waals surface area contributed by atoms with Gasteiger partial charge in [0.1, 0.15) is 0 Å². The first-order valence-electron chi connectivity index (χ1n) is 7.92. The quantitative estimate of drug-likeness (QED) is 0.936. The monoisotopic (exact) mass is 332 g/mol. The Morgan fingerprint density at radius 1 is 1.39 bits per heavy atom. The molecule has 6 heteroatoms. The standard InChI is InChI=1S/C17H21ClN4O/c1-19-9-13-3-2-8-21(11-13)17(23)14-10-20-22(12-14)16-6-4-15(18)5-7-16/h4-7,10,12-13,19H,2-3,8-9,11H2,1H3. The SMILES string of the molecule is CNCC1CCCN(C(=O)c2cnn(-c3ccc(Cl)cc3)c2)C1. The van der Waals surface area contributed by atoms with Gasteiger partial charge in [0.15, 0.2) is 0 Å². The van der Waals surface area contributed by atoms with Crippen molar-refractivity contribution >= 4 is 17.5 Å². The lowest BCUT2D eigenvalue weighted by Gasteiger charge is -2.32. The number of hydrogen-bond acceptors (Lipinski definition) is 3. The van der Waals surface area contributed by atoms with Crippen LogP contribution in [-0.2, 0) is 0 Å². The van der Waals surface area contributed by atoms with Crippen LogP contribution in [0.25, 0.3) is 5.69 Å². The van der Waals surface area contributed by atoms with Crippen molar-refractivity contribution in [2.24, 2.45) is 5.92 Å². The summed E-state index contributed by atoms with van der Waals surface area (Å²) in [5.74, 6) is 0.593. The molecular weight excluding hydrogens is 312 g/mol. The largest absolute Gasteiger partial charge is 0.338 e. The Hall–Kier alpha value is -1.85. The Morgan fingerprint density at radius 3 is 2.91 bits per heavy atom. The minimum Gasteiger partial charge on any atom is -0.338 e. The third-order valence-electron chi connectivity index (χ3n) is 4.22. The number of piperidine rings is 1. The van der Waals surface area contributed by atoms with Crippen LogP contribution >= 0.6 is 11.6 Å². The van der Waals surface area contributed by atoms with Crippen LogP contribution in [0.3, 0.4) is 0 Å². The minimum absolute atomic E-state index is 0.0611. The van der Waals surface area contributed by atoms with Crippen molar-refractivity contribution in [1.82, 2.24) is 20.0 Å². The zero-order valence-electron chi connectivity index (χ0n) is 13.2. The Kier molecular flexibility index (Phi) is 4.98. The molecule has 0 bridgehead atoms. The minimum atomic E-state index is 0.0611. The molecule has 1 amide bonds. The maximum Gasteiger partial charge on any atom is 0.257 e. The average Bonchev–Trinajstić information content (AvgIpc) is 3.05. The fraction of sp³-hybridized carbons (Fsp3) is 0.412. The number of likely N-dealkylation sites (tertiary alicyclic amines) is 1. The normalized spacial score (nSPS) is 18.2. The summed E-state index contributed by atoms with van der Waals surface area (Å²) in [5, 5.41) is 8.18. The van der Waals surface area contributed by atoms with Gasteiger partial charge in [0.2, 0.25) is 0 Å². The van der Waals surface area contributed by atoms with Crippen molar-refractivity contribution in [3.8, 4) is 5.69 Å². The van der Waals surface area contributed by atoms with Crippen molar-refractivity contribution in [3.05, 3.63) is 47.2 Å². The van der Waals surface area contributed by atoms with Crippen LogP contribution in [-0.4, -0.2) is 47.3 Å². The number of carbonyl (C=O) groups excluding carboxylic acids is 1.